The van der Waals surface area contributed by atoms with Crippen molar-refractivity contribution in [1.29, 1.82) is 0 Å². The highest BCUT2D eigenvalue weighted by atomic mass is 16.4. The first kappa shape index (κ1) is 14.4. The predicted octanol–water partition coefficient (Wildman–Crippen LogP) is -1.13. The summed E-state index contributed by atoms with van der Waals surface area (Å²) in [6.07, 6.45) is -0.933. The number of nitrogens with zero attached hydrogens (tertiary/aromatic N) is 1. The van der Waals surface area contributed by atoms with Gasteiger partial charge >= 0.3 is 5.97 Å². The SMILES string of the molecule is CCNC1CCN(CC(O)C(O)C(=O)O)CC1. The Morgan fingerprint density at radius 3 is 2.47 bits per heavy atom. The second kappa shape index (κ2) is 6.90. The molecule has 4 N–H and O–H groups in total. The second-order valence-corrected chi connectivity index (χ2v) is 4.48. The van der Waals surface area contributed by atoms with E-state index in [1.165, 1.54) is 0 Å². The highest BCUT2D eigenvalue weighted by Gasteiger charge is 2.27. The molecule has 0 bridgehead atoms. The molecule has 1 saturated heterocycles. The smallest absolute Gasteiger partial charge is 0.335 e. The average Bonchev–Trinajstić information content (AvgIpc) is 2.30. The largest absolute Gasteiger partial charge is 0.479 e. The molecule has 0 aromatic carbocycles. The molecule has 1 aliphatic heterocycles. The first-order valence-corrected chi connectivity index (χ1v) is 6.09. The van der Waals surface area contributed by atoms with E-state index >= 15 is 0 Å². The van der Waals surface area contributed by atoms with E-state index in [0.717, 1.165) is 32.5 Å². The molecular weight excluding hydrogens is 224 g/mol. The quantitative estimate of drug-likeness (QED) is 0.474. The van der Waals surface area contributed by atoms with Crippen molar-refractivity contribution >= 4 is 5.97 Å². The summed E-state index contributed by atoms with van der Waals surface area (Å²) in [6, 6.07) is 0.512. The Labute approximate surface area is 101 Å². The Hall–Kier alpha value is -0.690. The molecule has 0 radical (unpaired) electrons. The number of aliphatic hydroxyl groups excluding tert-OH is 2. The number of β-amino-alcohol motifs (C(OH)–C–C–N with tert-alkyl or cyclic N) is 1. The van der Waals surface area contributed by atoms with Crippen LogP contribution in [0.1, 0.15) is 19.8 Å². The number of carboxylic acids is 1. The highest BCUT2D eigenvalue weighted by Crippen LogP contribution is 2.11. The summed E-state index contributed by atoms with van der Waals surface area (Å²) in [5.74, 6) is -1.37. The van der Waals surface area contributed by atoms with Crippen LogP contribution < -0.4 is 5.32 Å². The molecule has 0 spiro atoms. The summed E-state index contributed by atoms with van der Waals surface area (Å²) in [4.78, 5) is 12.5. The molecule has 1 fully saturated rings. The normalized spacial score (nSPS) is 22.3. The summed E-state index contributed by atoms with van der Waals surface area (Å²) in [7, 11) is 0. The second-order valence-electron chi connectivity index (χ2n) is 4.48. The minimum absolute atomic E-state index is 0.215. The summed E-state index contributed by atoms with van der Waals surface area (Å²) in [5.41, 5.74) is 0. The molecule has 6 heteroatoms. The molecule has 17 heavy (non-hydrogen) atoms. The van der Waals surface area contributed by atoms with Gasteiger partial charge in [0.25, 0.3) is 0 Å². The lowest BCUT2D eigenvalue weighted by atomic mass is 10.0. The molecule has 6 nitrogen and oxygen atoms in total. The summed E-state index contributed by atoms with van der Waals surface area (Å²) in [6.45, 7) is 4.87. The van der Waals surface area contributed by atoms with E-state index in [4.69, 9.17) is 5.11 Å². The average molecular weight is 246 g/mol. The van der Waals surface area contributed by atoms with Gasteiger partial charge in [-0.3, -0.25) is 0 Å². The van der Waals surface area contributed by atoms with Gasteiger partial charge in [-0.05, 0) is 32.5 Å². The first-order valence-electron chi connectivity index (χ1n) is 6.09. The number of likely N-dealkylation sites (tertiary alicyclic amines) is 1. The van der Waals surface area contributed by atoms with Crippen molar-refractivity contribution in [2.24, 2.45) is 0 Å². The van der Waals surface area contributed by atoms with Crippen LogP contribution in [0.2, 0.25) is 0 Å². The maximum Gasteiger partial charge on any atom is 0.335 e. The number of rotatable bonds is 6. The van der Waals surface area contributed by atoms with E-state index in [1.807, 2.05) is 4.90 Å². The lowest BCUT2D eigenvalue weighted by Gasteiger charge is -2.33. The number of aliphatic hydroxyl groups is 2. The van der Waals surface area contributed by atoms with Crippen LogP contribution >= 0.6 is 0 Å². The van der Waals surface area contributed by atoms with Crippen LogP contribution in [-0.2, 0) is 4.79 Å². The van der Waals surface area contributed by atoms with Crippen molar-refractivity contribution in [3.63, 3.8) is 0 Å². The Bertz CT molecular complexity index is 242. The van der Waals surface area contributed by atoms with Gasteiger partial charge in [-0.25, -0.2) is 4.79 Å². The summed E-state index contributed by atoms with van der Waals surface area (Å²) >= 11 is 0. The molecule has 0 aromatic heterocycles. The van der Waals surface area contributed by atoms with Gasteiger partial charge < -0.3 is 25.5 Å². The van der Waals surface area contributed by atoms with E-state index in [9.17, 15) is 15.0 Å². The van der Waals surface area contributed by atoms with Crippen molar-refractivity contribution in [3.8, 4) is 0 Å². The van der Waals surface area contributed by atoms with E-state index in [0.29, 0.717) is 6.04 Å². The van der Waals surface area contributed by atoms with E-state index in [-0.39, 0.29) is 6.54 Å². The van der Waals surface area contributed by atoms with Gasteiger partial charge in [-0.15, -0.1) is 0 Å². The monoisotopic (exact) mass is 246 g/mol. The van der Waals surface area contributed by atoms with Gasteiger partial charge in [-0.2, -0.15) is 0 Å². The number of carboxylic acid groups (broad SMARTS) is 1. The van der Waals surface area contributed by atoms with Crippen molar-refractivity contribution in [1.82, 2.24) is 10.2 Å². The van der Waals surface area contributed by atoms with Crippen LogP contribution in [-0.4, -0.2) is 70.6 Å². The first-order chi connectivity index (χ1) is 8.04. The van der Waals surface area contributed by atoms with Crippen LogP contribution in [0.3, 0.4) is 0 Å². The fourth-order valence-corrected chi connectivity index (χ4v) is 2.14. The van der Waals surface area contributed by atoms with Crippen LogP contribution in [0.5, 0.6) is 0 Å². The van der Waals surface area contributed by atoms with Gasteiger partial charge in [0.05, 0.1) is 0 Å². The summed E-state index contributed by atoms with van der Waals surface area (Å²) in [5, 5.41) is 30.6. The highest BCUT2D eigenvalue weighted by molar-refractivity contribution is 5.72. The van der Waals surface area contributed by atoms with Crippen molar-refractivity contribution in [2.45, 2.75) is 38.0 Å². The molecule has 0 saturated carbocycles. The Morgan fingerprint density at radius 1 is 1.41 bits per heavy atom. The zero-order valence-corrected chi connectivity index (χ0v) is 10.2. The molecule has 1 aliphatic rings. The van der Waals surface area contributed by atoms with Crippen molar-refractivity contribution in [2.75, 3.05) is 26.2 Å². The molecule has 100 valence electrons. The van der Waals surface area contributed by atoms with Gasteiger partial charge in [-0.1, -0.05) is 6.92 Å². The molecular formula is C11H22N2O4. The molecule has 2 atom stereocenters. The molecule has 0 aromatic rings. The zero-order valence-electron chi connectivity index (χ0n) is 10.2. The fourth-order valence-electron chi connectivity index (χ4n) is 2.14. The Morgan fingerprint density at radius 2 is 2.00 bits per heavy atom. The molecule has 1 rings (SSSR count). The zero-order chi connectivity index (χ0) is 12.8. The topological polar surface area (TPSA) is 93.0 Å². The van der Waals surface area contributed by atoms with Crippen LogP contribution in [0.4, 0.5) is 0 Å². The Balaban J connectivity index is 2.28. The number of piperidine rings is 1. The van der Waals surface area contributed by atoms with Gasteiger partial charge in [0.15, 0.2) is 6.10 Å². The van der Waals surface area contributed by atoms with E-state index in [1.54, 1.807) is 0 Å². The van der Waals surface area contributed by atoms with Gasteiger partial charge in [0, 0.05) is 12.6 Å². The number of carbonyl (C=O) groups is 1. The molecule has 2 unspecified atom stereocenters. The molecule has 0 amide bonds. The number of aliphatic carboxylic acids is 1. The van der Waals surface area contributed by atoms with Crippen molar-refractivity contribution in [3.05, 3.63) is 0 Å². The maximum absolute atomic E-state index is 10.5. The number of nitrogens with one attached hydrogen (secondary N) is 1. The fraction of sp³-hybridized carbons (Fsp3) is 0.909. The Kier molecular flexibility index (Phi) is 5.84. The third-order valence-corrected chi connectivity index (χ3v) is 3.14. The summed E-state index contributed by atoms with van der Waals surface area (Å²) < 4.78 is 0. The molecule has 1 heterocycles. The van der Waals surface area contributed by atoms with E-state index < -0.39 is 18.2 Å². The minimum atomic E-state index is -1.69. The maximum atomic E-state index is 10.5. The van der Waals surface area contributed by atoms with Crippen LogP contribution in [0.15, 0.2) is 0 Å². The standard InChI is InChI=1S/C11H22N2O4/c1-2-12-8-3-5-13(6-4-8)7-9(14)10(15)11(16)17/h8-10,12,14-15H,2-7H2,1H3,(H,16,17). The van der Waals surface area contributed by atoms with Crippen molar-refractivity contribution < 1.29 is 20.1 Å². The molecule has 0 aliphatic carbocycles. The number of hydrogen-bond acceptors (Lipinski definition) is 5. The minimum Gasteiger partial charge on any atom is -0.479 e. The van der Waals surface area contributed by atoms with E-state index in [2.05, 4.69) is 12.2 Å². The lowest BCUT2D eigenvalue weighted by molar-refractivity contribution is -0.153. The van der Waals surface area contributed by atoms with Gasteiger partial charge in [0.2, 0.25) is 0 Å². The van der Waals surface area contributed by atoms with Crippen LogP contribution in [0.25, 0.3) is 0 Å². The predicted molar refractivity (Wildman–Crippen MR) is 62.8 cm³/mol. The third-order valence-electron chi connectivity index (χ3n) is 3.14. The number of hydrogen-bond donors (Lipinski definition) is 4. The third kappa shape index (κ3) is 4.59. The van der Waals surface area contributed by atoms with Crippen LogP contribution in [0, 0.1) is 0 Å². The lowest BCUT2D eigenvalue weighted by Crippen LogP contribution is -2.48. The van der Waals surface area contributed by atoms with Gasteiger partial charge in [0.1, 0.15) is 6.10 Å².